The minimum absolute atomic E-state index is 0.00494. The highest BCUT2D eigenvalue weighted by molar-refractivity contribution is 6.16. The quantitative estimate of drug-likeness (QED) is 0.350. The van der Waals surface area contributed by atoms with Crippen molar-refractivity contribution in [1.29, 1.82) is 0 Å². The van der Waals surface area contributed by atoms with E-state index in [0.717, 1.165) is 36.9 Å². The number of rotatable bonds is 6. The Morgan fingerprint density at radius 3 is 2.43 bits per heavy atom. The number of carbonyl (C=O) groups is 2. The van der Waals surface area contributed by atoms with Crippen LogP contribution in [0, 0.1) is 5.82 Å². The monoisotopic (exact) mass is 577 g/mol. The lowest BCUT2D eigenvalue weighted by atomic mass is 10.1. The van der Waals surface area contributed by atoms with Crippen molar-refractivity contribution in [3.63, 3.8) is 0 Å². The molecule has 0 bridgehead atoms. The highest BCUT2D eigenvalue weighted by atomic mass is 19.1. The largest absolute Gasteiger partial charge is 0.496 e. The molecule has 4 aromatic rings. The summed E-state index contributed by atoms with van der Waals surface area (Å²) in [5, 5.41) is 12.9. The predicted molar refractivity (Wildman–Crippen MR) is 158 cm³/mol. The Kier molecular flexibility index (Phi) is 6.74. The van der Waals surface area contributed by atoms with Gasteiger partial charge >= 0.3 is 6.09 Å². The van der Waals surface area contributed by atoms with Gasteiger partial charge in [0.1, 0.15) is 27.9 Å². The number of fused-ring (bicyclic) bond motifs is 2. The highest BCUT2D eigenvalue weighted by Gasteiger charge is 2.42. The van der Waals surface area contributed by atoms with Gasteiger partial charge in [0.2, 0.25) is 0 Å². The smallest absolute Gasteiger partial charge is 0.410 e. The van der Waals surface area contributed by atoms with Crippen LogP contribution >= 0.6 is 0 Å². The summed E-state index contributed by atoms with van der Waals surface area (Å²) in [6, 6.07) is 5.00. The number of amides is 2. The van der Waals surface area contributed by atoms with Gasteiger partial charge < -0.3 is 24.6 Å². The zero-order chi connectivity index (χ0) is 29.9. The lowest BCUT2D eigenvalue weighted by Gasteiger charge is -2.32. The molecule has 2 aromatic heterocycles. The fraction of sp³-hybridized carbons (Fsp3) is 0.467. The summed E-state index contributed by atoms with van der Waals surface area (Å²) in [5.74, 6) is -0.635. The molecule has 1 N–H and O–H groups in total. The van der Waals surface area contributed by atoms with Gasteiger partial charge in [0.05, 0.1) is 18.8 Å². The average molecular weight is 578 g/mol. The predicted octanol–water partition coefficient (Wildman–Crippen LogP) is 4.84. The first kappa shape index (κ1) is 27.8. The van der Waals surface area contributed by atoms with E-state index in [1.807, 2.05) is 37.9 Å². The molecule has 2 fully saturated rings. The van der Waals surface area contributed by atoms with Crippen LogP contribution in [0.15, 0.2) is 30.6 Å². The number of hydrogen-bond acceptors (Lipinski definition) is 7. The molecule has 1 unspecified atom stereocenters. The Bertz CT molecular complexity index is 1700. The molecule has 0 radical (unpaired) electrons. The summed E-state index contributed by atoms with van der Waals surface area (Å²) in [6.45, 7) is 6.99. The second-order valence-corrected chi connectivity index (χ2v) is 12.2. The Hall–Kier alpha value is -4.35. The van der Waals surface area contributed by atoms with Crippen LogP contribution in [-0.2, 0) is 18.8 Å². The maximum atomic E-state index is 14.7. The van der Waals surface area contributed by atoms with Crippen LogP contribution < -0.4 is 15.0 Å². The molecule has 1 saturated heterocycles. The van der Waals surface area contributed by atoms with Gasteiger partial charge in [-0.25, -0.2) is 9.18 Å². The molecule has 2 amide bonds. The number of aryl methyl sites for hydroxylation is 2. The molecule has 3 heterocycles. The third-order valence-electron chi connectivity index (χ3n) is 7.68. The van der Waals surface area contributed by atoms with Gasteiger partial charge in [0.25, 0.3) is 5.91 Å². The molecule has 42 heavy (non-hydrogen) atoms. The van der Waals surface area contributed by atoms with Gasteiger partial charge in [0, 0.05) is 68.1 Å². The molecule has 11 nitrogen and oxygen atoms in total. The van der Waals surface area contributed by atoms with Crippen molar-refractivity contribution in [2.45, 2.75) is 57.7 Å². The van der Waals surface area contributed by atoms with Crippen molar-refractivity contribution in [2.24, 2.45) is 14.1 Å². The van der Waals surface area contributed by atoms with Crippen LogP contribution in [0.2, 0.25) is 0 Å². The van der Waals surface area contributed by atoms with E-state index in [4.69, 9.17) is 9.47 Å². The number of anilines is 2. The molecule has 2 aromatic carbocycles. The highest BCUT2D eigenvalue weighted by Crippen LogP contribution is 2.40. The van der Waals surface area contributed by atoms with E-state index < -0.39 is 17.3 Å². The molecule has 6 rings (SSSR count). The first-order valence-electron chi connectivity index (χ1n) is 14.2. The Balaban J connectivity index is 1.31. The summed E-state index contributed by atoms with van der Waals surface area (Å²) in [6.07, 6.45) is 6.06. The maximum Gasteiger partial charge on any atom is 0.410 e. The third-order valence-corrected chi connectivity index (χ3v) is 7.68. The molecule has 1 aliphatic heterocycles. The summed E-state index contributed by atoms with van der Waals surface area (Å²) >= 11 is 0. The number of nitrogens with one attached hydrogen (secondary N) is 1. The van der Waals surface area contributed by atoms with E-state index >= 15 is 0 Å². The zero-order valence-corrected chi connectivity index (χ0v) is 24.8. The first-order chi connectivity index (χ1) is 19.9. The lowest BCUT2D eigenvalue weighted by Crippen LogP contribution is -2.46. The number of benzene rings is 2. The topological polar surface area (TPSA) is 107 Å². The number of ether oxygens (including phenoxy) is 2. The van der Waals surface area contributed by atoms with E-state index in [-0.39, 0.29) is 29.3 Å². The van der Waals surface area contributed by atoms with Gasteiger partial charge in [-0.2, -0.15) is 10.2 Å². The van der Waals surface area contributed by atoms with Gasteiger partial charge in [-0.05, 0) is 52.2 Å². The van der Waals surface area contributed by atoms with Gasteiger partial charge in [-0.1, -0.05) is 0 Å². The van der Waals surface area contributed by atoms with Crippen LogP contribution in [0.4, 0.5) is 20.6 Å². The Morgan fingerprint density at radius 1 is 1.02 bits per heavy atom. The lowest BCUT2D eigenvalue weighted by molar-refractivity contribution is 0.0158. The fourth-order valence-electron chi connectivity index (χ4n) is 5.82. The van der Waals surface area contributed by atoms with E-state index in [0.29, 0.717) is 28.9 Å². The van der Waals surface area contributed by atoms with Crippen LogP contribution in [0.1, 0.15) is 50.4 Å². The van der Waals surface area contributed by atoms with Crippen LogP contribution in [0.3, 0.4) is 0 Å². The van der Waals surface area contributed by atoms with Crippen LogP contribution in [0.25, 0.3) is 21.8 Å². The maximum absolute atomic E-state index is 14.7. The molecular formula is C30H36FN7O4. The Labute approximate surface area is 243 Å². The van der Waals surface area contributed by atoms with Gasteiger partial charge in [-0.15, -0.1) is 0 Å². The first-order valence-corrected chi connectivity index (χ1v) is 14.2. The molecule has 1 atom stereocenters. The van der Waals surface area contributed by atoms with E-state index in [2.05, 4.69) is 20.4 Å². The zero-order valence-electron chi connectivity index (χ0n) is 24.8. The molecular weight excluding hydrogens is 541 g/mol. The van der Waals surface area contributed by atoms with E-state index in [9.17, 15) is 14.0 Å². The number of hydrogen-bond donors (Lipinski definition) is 1. The standard InChI is InChI=1S/C30H36FN7O4/c1-30(2,3)42-29(40)38(19-7-8-19)20-9-10-37(15-20)23-13-24(41-6)25(27-21(23)16-36(5)34-27)28(39)32-18-11-17-14-35(4)33-26(17)22(31)12-18/h11-14,16,19-20H,7-10,15H2,1-6H3,(H,32,39). The normalized spacial score (nSPS) is 17.2. The summed E-state index contributed by atoms with van der Waals surface area (Å²) in [4.78, 5) is 30.9. The van der Waals surface area contributed by atoms with Gasteiger partial charge in [0.15, 0.2) is 5.82 Å². The number of carbonyl (C=O) groups excluding carboxylic acids is 2. The number of aromatic nitrogens is 4. The molecule has 2 aliphatic rings. The third kappa shape index (κ3) is 5.21. The second-order valence-electron chi connectivity index (χ2n) is 12.2. The SMILES string of the molecule is COc1cc(N2CCC(N(C(=O)OC(C)(C)C)C3CC3)C2)c2cn(C)nc2c1C(=O)Nc1cc(F)c2nn(C)cc2c1. The van der Waals surface area contributed by atoms with E-state index in [1.54, 1.807) is 31.0 Å². The Morgan fingerprint density at radius 2 is 1.74 bits per heavy atom. The molecule has 0 spiro atoms. The molecule has 12 heteroatoms. The minimum Gasteiger partial charge on any atom is -0.496 e. The fourth-order valence-corrected chi connectivity index (χ4v) is 5.82. The number of methoxy groups -OCH3 is 1. The average Bonchev–Trinajstić information content (AvgIpc) is 3.27. The summed E-state index contributed by atoms with van der Waals surface area (Å²) < 4.78 is 29.4. The summed E-state index contributed by atoms with van der Waals surface area (Å²) in [7, 11) is 5.02. The van der Waals surface area contributed by atoms with E-state index in [1.165, 1.54) is 17.9 Å². The van der Waals surface area contributed by atoms with Gasteiger partial charge in [-0.3, -0.25) is 14.2 Å². The van der Waals surface area contributed by atoms with Crippen molar-refractivity contribution >= 4 is 45.2 Å². The second kappa shape index (κ2) is 10.2. The molecule has 222 valence electrons. The van der Waals surface area contributed by atoms with Crippen molar-refractivity contribution < 1.29 is 23.5 Å². The molecule has 1 saturated carbocycles. The van der Waals surface area contributed by atoms with Crippen molar-refractivity contribution in [3.05, 3.63) is 42.0 Å². The van der Waals surface area contributed by atoms with Crippen molar-refractivity contribution in [3.8, 4) is 5.75 Å². The number of halogens is 1. The van der Waals surface area contributed by atoms with Crippen molar-refractivity contribution in [2.75, 3.05) is 30.4 Å². The molecule has 1 aliphatic carbocycles. The van der Waals surface area contributed by atoms with Crippen molar-refractivity contribution in [1.82, 2.24) is 24.5 Å². The van der Waals surface area contributed by atoms with Crippen LogP contribution in [-0.4, -0.2) is 74.3 Å². The number of nitrogens with zero attached hydrogens (tertiary/aromatic N) is 6. The summed E-state index contributed by atoms with van der Waals surface area (Å²) in [5.41, 5.74) is 1.58. The minimum atomic E-state index is -0.566. The van der Waals surface area contributed by atoms with Crippen LogP contribution in [0.5, 0.6) is 5.75 Å².